The van der Waals surface area contributed by atoms with Gasteiger partial charge in [0.05, 0.1) is 13.2 Å². The van der Waals surface area contributed by atoms with E-state index < -0.39 is 0 Å². The second-order valence-corrected chi connectivity index (χ2v) is 6.63. The summed E-state index contributed by atoms with van der Waals surface area (Å²) in [6.45, 7) is 9.47. The lowest BCUT2D eigenvalue weighted by Crippen LogP contribution is -2.44. The minimum atomic E-state index is 0.760. The number of hydrogen-bond acceptors (Lipinski definition) is 6. The second-order valence-electron chi connectivity index (χ2n) is 5.47. The lowest BCUT2D eigenvalue weighted by Gasteiger charge is -2.36. The summed E-state index contributed by atoms with van der Waals surface area (Å²) in [6, 6.07) is 0. The van der Waals surface area contributed by atoms with Gasteiger partial charge in [-0.2, -0.15) is 0 Å². The molecule has 3 rings (SSSR count). The third-order valence-corrected chi connectivity index (χ3v) is 4.82. The lowest BCUT2D eigenvalue weighted by molar-refractivity contribution is 0.0296. The van der Waals surface area contributed by atoms with Crippen LogP contribution in [0.25, 0.3) is 0 Å². The number of morpholine rings is 1. The molecular weight excluding hydrogens is 260 g/mol. The van der Waals surface area contributed by atoms with E-state index in [1.807, 2.05) is 6.92 Å². The molecule has 0 N–H and O–H groups in total. The molecule has 5 nitrogen and oxygen atoms in total. The summed E-state index contributed by atoms with van der Waals surface area (Å²) in [5.74, 6) is 0.760. The Morgan fingerprint density at radius 3 is 2.84 bits per heavy atom. The Morgan fingerprint density at radius 1 is 1.26 bits per heavy atom. The molecule has 1 atom stereocenters. The maximum absolute atomic E-state index is 5.41. The van der Waals surface area contributed by atoms with E-state index in [0.29, 0.717) is 0 Å². The van der Waals surface area contributed by atoms with Gasteiger partial charge < -0.3 is 9.64 Å². The molecule has 0 saturated carbocycles. The number of aryl methyl sites for hydroxylation is 1. The highest BCUT2D eigenvalue weighted by atomic mass is 32.1. The summed E-state index contributed by atoms with van der Waals surface area (Å²) in [5.41, 5.74) is 0. The maximum atomic E-state index is 5.41. The van der Waals surface area contributed by atoms with Crippen LogP contribution in [-0.4, -0.2) is 61.0 Å². The number of ether oxygens (including phenoxy) is 1. The van der Waals surface area contributed by atoms with Crippen LogP contribution in [0.5, 0.6) is 0 Å². The number of aromatic nitrogens is 2. The third kappa shape index (κ3) is 3.43. The van der Waals surface area contributed by atoms with Crippen LogP contribution in [0.3, 0.4) is 0 Å². The highest BCUT2D eigenvalue weighted by molar-refractivity contribution is 7.15. The molecule has 1 aromatic rings. The molecule has 3 heterocycles. The molecule has 2 aliphatic rings. The molecule has 0 aliphatic carbocycles. The average Bonchev–Trinajstić information content (AvgIpc) is 2.87. The molecule has 2 saturated heterocycles. The van der Waals surface area contributed by atoms with Gasteiger partial charge in [0.15, 0.2) is 0 Å². The molecule has 0 spiro atoms. The highest BCUT2D eigenvalue weighted by Crippen LogP contribution is 2.26. The van der Waals surface area contributed by atoms with Crippen molar-refractivity contribution in [3.63, 3.8) is 0 Å². The van der Waals surface area contributed by atoms with Crippen molar-refractivity contribution in [3.05, 3.63) is 5.01 Å². The molecule has 0 unspecified atom stereocenters. The van der Waals surface area contributed by atoms with E-state index >= 15 is 0 Å². The summed E-state index contributed by atoms with van der Waals surface area (Å²) in [6.07, 6.45) is 2.61. The van der Waals surface area contributed by atoms with Gasteiger partial charge in [-0.25, -0.2) is 0 Å². The molecule has 6 heteroatoms. The van der Waals surface area contributed by atoms with Crippen molar-refractivity contribution in [3.8, 4) is 0 Å². The molecule has 1 aromatic heterocycles. The van der Waals surface area contributed by atoms with Gasteiger partial charge in [-0.1, -0.05) is 11.3 Å². The van der Waals surface area contributed by atoms with Crippen molar-refractivity contribution in [2.75, 3.05) is 50.8 Å². The number of rotatable bonds is 3. The SMILES string of the molecule is Cc1nnc(N2CCC[C@H](CN3CCOCC3)C2)s1. The fourth-order valence-electron chi connectivity index (χ4n) is 2.95. The first-order valence-electron chi connectivity index (χ1n) is 7.16. The average molecular weight is 282 g/mol. The summed E-state index contributed by atoms with van der Waals surface area (Å²) >= 11 is 1.71. The normalized spacial score (nSPS) is 25.7. The molecular formula is C13H22N4OS. The standard InChI is InChI=1S/C13H22N4OS/c1-11-14-15-13(19-11)17-4-2-3-12(10-17)9-16-5-7-18-8-6-16/h12H,2-10H2,1H3/t12-/m1/s1. The molecule has 106 valence electrons. The minimum absolute atomic E-state index is 0.760. The van der Waals surface area contributed by atoms with Crippen LogP contribution < -0.4 is 4.90 Å². The Bertz CT molecular complexity index is 405. The van der Waals surface area contributed by atoms with Gasteiger partial charge in [-0.05, 0) is 25.7 Å². The zero-order chi connectivity index (χ0) is 13.1. The first-order chi connectivity index (χ1) is 9.31. The predicted octanol–water partition coefficient (Wildman–Crippen LogP) is 1.40. The minimum Gasteiger partial charge on any atom is -0.379 e. The molecule has 2 fully saturated rings. The van der Waals surface area contributed by atoms with Crippen LogP contribution in [0.4, 0.5) is 5.13 Å². The Balaban J connectivity index is 1.55. The van der Waals surface area contributed by atoms with E-state index in [1.54, 1.807) is 11.3 Å². The van der Waals surface area contributed by atoms with E-state index in [-0.39, 0.29) is 0 Å². The van der Waals surface area contributed by atoms with Gasteiger partial charge >= 0.3 is 0 Å². The van der Waals surface area contributed by atoms with Gasteiger partial charge in [-0.15, -0.1) is 10.2 Å². The number of hydrogen-bond donors (Lipinski definition) is 0. The van der Waals surface area contributed by atoms with E-state index in [2.05, 4.69) is 20.0 Å². The second kappa shape index (κ2) is 6.15. The summed E-state index contributed by atoms with van der Waals surface area (Å²) < 4.78 is 5.41. The summed E-state index contributed by atoms with van der Waals surface area (Å²) in [5, 5.41) is 10.6. The summed E-state index contributed by atoms with van der Waals surface area (Å²) in [4.78, 5) is 4.96. The number of nitrogens with zero attached hydrogens (tertiary/aromatic N) is 4. The van der Waals surface area contributed by atoms with E-state index in [4.69, 9.17) is 4.74 Å². The van der Waals surface area contributed by atoms with Crippen LogP contribution in [0.15, 0.2) is 0 Å². The summed E-state index contributed by atoms with van der Waals surface area (Å²) in [7, 11) is 0. The Hall–Kier alpha value is -0.720. The van der Waals surface area contributed by atoms with Crippen LogP contribution >= 0.6 is 11.3 Å². The third-order valence-electron chi connectivity index (χ3n) is 3.92. The van der Waals surface area contributed by atoms with E-state index in [1.165, 1.54) is 19.4 Å². The van der Waals surface area contributed by atoms with Gasteiger partial charge in [0.2, 0.25) is 5.13 Å². The molecule has 19 heavy (non-hydrogen) atoms. The first kappa shape index (κ1) is 13.3. The Morgan fingerprint density at radius 2 is 2.11 bits per heavy atom. The number of anilines is 1. The Labute approximate surface area is 118 Å². The van der Waals surface area contributed by atoms with Crippen molar-refractivity contribution in [1.29, 1.82) is 0 Å². The molecule has 2 aliphatic heterocycles. The van der Waals surface area contributed by atoms with Gasteiger partial charge in [-0.3, -0.25) is 4.90 Å². The van der Waals surface area contributed by atoms with Crippen molar-refractivity contribution < 1.29 is 4.74 Å². The fraction of sp³-hybridized carbons (Fsp3) is 0.846. The van der Waals surface area contributed by atoms with Crippen LogP contribution in [-0.2, 0) is 4.74 Å². The highest BCUT2D eigenvalue weighted by Gasteiger charge is 2.24. The van der Waals surface area contributed by atoms with Crippen LogP contribution in [0.2, 0.25) is 0 Å². The molecule has 0 aromatic carbocycles. The largest absolute Gasteiger partial charge is 0.379 e. The monoisotopic (exact) mass is 282 g/mol. The zero-order valence-corrected chi connectivity index (χ0v) is 12.4. The van der Waals surface area contributed by atoms with E-state index in [0.717, 1.165) is 55.4 Å². The van der Waals surface area contributed by atoms with E-state index in [9.17, 15) is 0 Å². The Kier molecular flexibility index (Phi) is 4.30. The van der Waals surface area contributed by atoms with Gasteiger partial charge in [0, 0.05) is 32.7 Å². The fourth-order valence-corrected chi connectivity index (χ4v) is 3.67. The van der Waals surface area contributed by atoms with Crippen molar-refractivity contribution in [2.45, 2.75) is 19.8 Å². The van der Waals surface area contributed by atoms with Crippen molar-refractivity contribution >= 4 is 16.5 Å². The zero-order valence-electron chi connectivity index (χ0n) is 11.5. The lowest BCUT2D eigenvalue weighted by atomic mass is 9.97. The van der Waals surface area contributed by atoms with Gasteiger partial charge in [0.1, 0.15) is 5.01 Å². The van der Waals surface area contributed by atoms with Crippen LogP contribution in [0, 0.1) is 12.8 Å². The van der Waals surface area contributed by atoms with Crippen molar-refractivity contribution in [1.82, 2.24) is 15.1 Å². The molecule has 0 amide bonds. The maximum Gasteiger partial charge on any atom is 0.208 e. The molecule has 0 radical (unpaired) electrons. The topological polar surface area (TPSA) is 41.5 Å². The van der Waals surface area contributed by atoms with Gasteiger partial charge in [0.25, 0.3) is 0 Å². The van der Waals surface area contributed by atoms with Crippen molar-refractivity contribution in [2.24, 2.45) is 5.92 Å². The predicted molar refractivity (Wildman–Crippen MR) is 76.8 cm³/mol. The van der Waals surface area contributed by atoms with Crippen LogP contribution in [0.1, 0.15) is 17.8 Å². The number of piperidine rings is 1. The smallest absolute Gasteiger partial charge is 0.208 e. The quantitative estimate of drug-likeness (QED) is 0.838. The first-order valence-corrected chi connectivity index (χ1v) is 7.98. The molecule has 0 bridgehead atoms.